The fourth-order valence-electron chi connectivity index (χ4n) is 9.56. The van der Waals surface area contributed by atoms with Crippen LogP contribution in [0.4, 0.5) is 0 Å². The second kappa shape index (κ2) is 58.7. The van der Waals surface area contributed by atoms with Crippen molar-refractivity contribution in [3.63, 3.8) is 0 Å². The molecule has 0 aliphatic carbocycles. The van der Waals surface area contributed by atoms with E-state index in [0.29, 0.717) is 19.3 Å². The van der Waals surface area contributed by atoms with Crippen molar-refractivity contribution in [1.82, 2.24) is 0 Å². The van der Waals surface area contributed by atoms with Crippen LogP contribution in [0.1, 0.15) is 355 Å². The number of allylic oxidation sites excluding steroid dienone is 2. The molecule has 0 aromatic rings. The number of carbonyl (C=O) groups excluding carboxylic acids is 3. The van der Waals surface area contributed by atoms with Gasteiger partial charge in [-0.15, -0.1) is 0 Å². The number of carbonyl (C=O) groups is 3. The lowest BCUT2D eigenvalue weighted by Crippen LogP contribution is -2.30. The number of unbranched alkanes of at least 4 members (excludes halogenated alkanes) is 45. The van der Waals surface area contributed by atoms with Gasteiger partial charge in [-0.2, -0.15) is 0 Å². The lowest BCUT2D eigenvalue weighted by atomic mass is 10.0. The Morgan fingerprint density at radius 3 is 0.725 bits per heavy atom. The fourth-order valence-corrected chi connectivity index (χ4v) is 9.56. The zero-order valence-electron chi connectivity index (χ0n) is 46.9. The van der Waals surface area contributed by atoms with Gasteiger partial charge in [0.2, 0.25) is 0 Å². The van der Waals surface area contributed by atoms with Gasteiger partial charge in [-0.1, -0.05) is 303 Å². The van der Waals surface area contributed by atoms with Crippen LogP contribution in [0.2, 0.25) is 0 Å². The van der Waals surface area contributed by atoms with Gasteiger partial charge in [-0.25, -0.2) is 0 Å². The van der Waals surface area contributed by atoms with Crippen molar-refractivity contribution in [2.24, 2.45) is 0 Å². The molecule has 0 saturated carbocycles. The Hall–Kier alpha value is -1.85. The molecule has 69 heavy (non-hydrogen) atoms. The summed E-state index contributed by atoms with van der Waals surface area (Å²) in [4.78, 5) is 37.8. The largest absolute Gasteiger partial charge is 0.462 e. The third-order valence-corrected chi connectivity index (χ3v) is 14.3. The first kappa shape index (κ1) is 67.1. The van der Waals surface area contributed by atoms with Crippen LogP contribution in [0.15, 0.2) is 12.2 Å². The molecular formula is C63H120O6. The summed E-state index contributed by atoms with van der Waals surface area (Å²) in [5.41, 5.74) is 0. The highest BCUT2D eigenvalue weighted by atomic mass is 16.6. The molecule has 0 N–H and O–H groups in total. The number of esters is 3. The lowest BCUT2D eigenvalue weighted by molar-refractivity contribution is -0.167. The molecule has 0 bridgehead atoms. The van der Waals surface area contributed by atoms with Crippen molar-refractivity contribution in [3.8, 4) is 0 Å². The summed E-state index contributed by atoms with van der Waals surface area (Å²) in [5, 5.41) is 0. The van der Waals surface area contributed by atoms with Gasteiger partial charge in [-0.05, 0) is 44.9 Å². The van der Waals surface area contributed by atoms with Crippen molar-refractivity contribution < 1.29 is 28.6 Å². The predicted molar refractivity (Wildman–Crippen MR) is 298 cm³/mol. The van der Waals surface area contributed by atoms with Gasteiger partial charge in [-0.3, -0.25) is 14.4 Å². The van der Waals surface area contributed by atoms with Gasteiger partial charge in [0, 0.05) is 19.3 Å². The van der Waals surface area contributed by atoms with E-state index in [1.54, 1.807) is 0 Å². The Kier molecular flexibility index (Phi) is 57.1. The van der Waals surface area contributed by atoms with Gasteiger partial charge in [0.1, 0.15) is 13.2 Å². The average molecular weight is 974 g/mol. The van der Waals surface area contributed by atoms with Crippen LogP contribution < -0.4 is 0 Å². The number of hydrogen-bond donors (Lipinski definition) is 0. The molecule has 0 spiro atoms. The van der Waals surface area contributed by atoms with Gasteiger partial charge in [0.05, 0.1) is 0 Å². The Labute approximate surface area is 431 Å². The summed E-state index contributed by atoms with van der Waals surface area (Å²) < 4.78 is 16.7. The molecule has 0 aliphatic rings. The second-order valence-electron chi connectivity index (χ2n) is 21.3. The molecule has 0 amide bonds. The molecule has 0 aliphatic heterocycles. The van der Waals surface area contributed by atoms with E-state index in [0.717, 1.165) is 70.6 Å². The van der Waals surface area contributed by atoms with Crippen molar-refractivity contribution in [3.05, 3.63) is 12.2 Å². The van der Waals surface area contributed by atoms with Crippen LogP contribution in [0.25, 0.3) is 0 Å². The zero-order chi connectivity index (χ0) is 50.0. The first-order valence-electron chi connectivity index (χ1n) is 31.2. The van der Waals surface area contributed by atoms with Gasteiger partial charge < -0.3 is 14.2 Å². The molecule has 408 valence electrons. The molecule has 0 fully saturated rings. The van der Waals surface area contributed by atoms with E-state index in [4.69, 9.17) is 14.2 Å². The quantitative estimate of drug-likeness (QED) is 0.0261. The van der Waals surface area contributed by atoms with Crippen LogP contribution in [0.5, 0.6) is 0 Å². The maximum atomic E-state index is 12.8. The summed E-state index contributed by atoms with van der Waals surface area (Å²) in [7, 11) is 0. The van der Waals surface area contributed by atoms with E-state index in [9.17, 15) is 14.4 Å². The molecule has 6 nitrogen and oxygen atoms in total. The highest BCUT2D eigenvalue weighted by Crippen LogP contribution is 2.18. The Morgan fingerprint density at radius 2 is 0.478 bits per heavy atom. The standard InChI is InChI=1S/C63H120O6/c1-4-7-10-13-15-17-19-21-23-25-26-27-28-29-30-31-32-33-34-35-36-37-38-40-41-43-45-47-50-53-56-62(65)68-59-60(58-67-61(64)55-52-49-12-9-6-3)69-63(66)57-54-51-48-46-44-42-39-24-22-20-18-16-14-11-8-5-2/h24,39,60H,4-23,25-38,40-59H2,1-3H3/b39-24-. The van der Waals surface area contributed by atoms with E-state index in [2.05, 4.69) is 32.9 Å². The minimum absolute atomic E-state index is 0.0690. The molecule has 6 heteroatoms. The Bertz CT molecular complexity index is 1070. The van der Waals surface area contributed by atoms with Crippen LogP contribution in [-0.2, 0) is 28.6 Å². The van der Waals surface area contributed by atoms with Crippen LogP contribution in [0, 0.1) is 0 Å². The fraction of sp³-hybridized carbons (Fsp3) is 0.921. The van der Waals surface area contributed by atoms with Crippen LogP contribution in [0.3, 0.4) is 0 Å². The maximum Gasteiger partial charge on any atom is 0.306 e. The Morgan fingerprint density at radius 1 is 0.275 bits per heavy atom. The summed E-state index contributed by atoms with van der Waals surface area (Å²) in [6.45, 7) is 6.60. The van der Waals surface area contributed by atoms with Crippen LogP contribution >= 0.6 is 0 Å². The molecule has 0 aromatic carbocycles. The second-order valence-corrected chi connectivity index (χ2v) is 21.3. The molecule has 1 unspecified atom stereocenters. The third-order valence-electron chi connectivity index (χ3n) is 14.3. The highest BCUT2D eigenvalue weighted by molar-refractivity contribution is 5.71. The van der Waals surface area contributed by atoms with E-state index in [-0.39, 0.29) is 31.1 Å². The SMILES string of the molecule is CCCCCCCCC/C=C\CCCCCCCC(=O)OC(COC(=O)CCCCCCC)COC(=O)CCCCCCCCCCCCCCCCCCCCCCCCCCCCCCCC. The van der Waals surface area contributed by atoms with Crippen molar-refractivity contribution in [2.45, 2.75) is 361 Å². The first-order valence-corrected chi connectivity index (χ1v) is 31.2. The maximum absolute atomic E-state index is 12.8. The summed E-state index contributed by atoms with van der Waals surface area (Å²) in [6.07, 6.45) is 68.6. The Balaban J connectivity index is 3.91. The molecule has 0 aromatic heterocycles. The van der Waals surface area contributed by atoms with E-state index in [1.165, 1.54) is 244 Å². The van der Waals surface area contributed by atoms with E-state index >= 15 is 0 Å². The van der Waals surface area contributed by atoms with Crippen molar-refractivity contribution in [1.29, 1.82) is 0 Å². The van der Waals surface area contributed by atoms with Gasteiger partial charge >= 0.3 is 17.9 Å². The van der Waals surface area contributed by atoms with Crippen molar-refractivity contribution in [2.75, 3.05) is 13.2 Å². The minimum atomic E-state index is -0.767. The number of hydrogen-bond acceptors (Lipinski definition) is 6. The highest BCUT2D eigenvalue weighted by Gasteiger charge is 2.19. The van der Waals surface area contributed by atoms with Gasteiger partial charge in [0.15, 0.2) is 6.10 Å². The third kappa shape index (κ3) is 56.9. The van der Waals surface area contributed by atoms with E-state index in [1.807, 2.05) is 0 Å². The number of rotatable bonds is 58. The van der Waals surface area contributed by atoms with E-state index < -0.39 is 6.10 Å². The van der Waals surface area contributed by atoms with Crippen molar-refractivity contribution >= 4 is 17.9 Å². The first-order chi connectivity index (χ1) is 34.0. The topological polar surface area (TPSA) is 78.9 Å². The van der Waals surface area contributed by atoms with Crippen LogP contribution in [-0.4, -0.2) is 37.2 Å². The molecule has 0 saturated heterocycles. The minimum Gasteiger partial charge on any atom is -0.462 e. The lowest BCUT2D eigenvalue weighted by Gasteiger charge is -2.18. The predicted octanol–water partition coefficient (Wildman–Crippen LogP) is 20.9. The molecule has 0 heterocycles. The molecule has 0 radical (unpaired) electrons. The summed E-state index contributed by atoms with van der Waals surface area (Å²) in [6, 6.07) is 0. The zero-order valence-corrected chi connectivity index (χ0v) is 46.9. The average Bonchev–Trinajstić information content (AvgIpc) is 3.35. The molecular weight excluding hydrogens is 853 g/mol. The summed E-state index contributed by atoms with van der Waals surface area (Å²) >= 11 is 0. The normalized spacial score (nSPS) is 12.0. The number of ether oxygens (including phenoxy) is 3. The smallest absolute Gasteiger partial charge is 0.306 e. The molecule has 1 atom stereocenters. The van der Waals surface area contributed by atoms with Gasteiger partial charge in [0.25, 0.3) is 0 Å². The summed E-state index contributed by atoms with van der Waals surface area (Å²) in [5.74, 6) is -0.870. The molecule has 0 rings (SSSR count). The monoisotopic (exact) mass is 973 g/mol.